The van der Waals surface area contributed by atoms with Crippen LogP contribution in [0.4, 0.5) is 4.39 Å². The van der Waals surface area contributed by atoms with Gasteiger partial charge in [-0.3, -0.25) is 14.5 Å². The van der Waals surface area contributed by atoms with E-state index in [-0.39, 0.29) is 11.8 Å². The summed E-state index contributed by atoms with van der Waals surface area (Å²) in [5.74, 6) is -1.22. The van der Waals surface area contributed by atoms with Crippen LogP contribution in [0.25, 0.3) is 0 Å². The smallest absolute Gasteiger partial charge is 0.262 e. The van der Waals surface area contributed by atoms with E-state index in [2.05, 4.69) is 15.9 Å². The molecule has 0 radical (unpaired) electrons. The fourth-order valence-corrected chi connectivity index (χ4v) is 2.87. The summed E-state index contributed by atoms with van der Waals surface area (Å²) in [6.45, 7) is 1.65. The Kier molecular flexibility index (Phi) is 3.37. The van der Waals surface area contributed by atoms with Gasteiger partial charge in [0, 0.05) is 10.0 Å². The number of carbonyl (C=O) groups is 2. The SMILES string of the molecule is CC(c1ccc(Br)cc1F)N1C(=O)c2ccccc2C1=O. The molecule has 1 aliphatic heterocycles. The van der Waals surface area contributed by atoms with E-state index in [1.165, 1.54) is 6.07 Å². The van der Waals surface area contributed by atoms with Crippen molar-refractivity contribution in [1.82, 2.24) is 4.90 Å². The van der Waals surface area contributed by atoms with Crippen LogP contribution in [0.15, 0.2) is 46.9 Å². The molecule has 0 fully saturated rings. The van der Waals surface area contributed by atoms with Gasteiger partial charge in [0.1, 0.15) is 5.82 Å². The van der Waals surface area contributed by atoms with Crippen molar-refractivity contribution in [2.45, 2.75) is 13.0 Å². The third-order valence-corrected chi connectivity index (χ3v) is 4.12. The number of hydrogen-bond acceptors (Lipinski definition) is 2. The first-order chi connectivity index (χ1) is 10.0. The summed E-state index contributed by atoms with van der Waals surface area (Å²) >= 11 is 3.19. The second-order valence-corrected chi connectivity index (χ2v) is 5.78. The molecule has 2 aromatic carbocycles. The molecule has 1 unspecified atom stereocenters. The van der Waals surface area contributed by atoms with Crippen molar-refractivity contribution in [1.29, 1.82) is 0 Å². The highest BCUT2D eigenvalue weighted by Gasteiger charge is 2.39. The molecule has 0 spiro atoms. The van der Waals surface area contributed by atoms with E-state index < -0.39 is 11.9 Å². The summed E-state index contributed by atoms with van der Waals surface area (Å²) in [7, 11) is 0. The second kappa shape index (κ2) is 5.07. The number of imide groups is 1. The highest BCUT2D eigenvalue weighted by molar-refractivity contribution is 9.10. The lowest BCUT2D eigenvalue weighted by molar-refractivity contribution is 0.0593. The maximum absolute atomic E-state index is 14.1. The molecule has 21 heavy (non-hydrogen) atoms. The van der Waals surface area contributed by atoms with Gasteiger partial charge in [-0.2, -0.15) is 0 Å². The van der Waals surface area contributed by atoms with E-state index in [1.54, 1.807) is 43.3 Å². The Balaban J connectivity index is 2.02. The monoisotopic (exact) mass is 347 g/mol. The second-order valence-electron chi connectivity index (χ2n) is 4.87. The van der Waals surface area contributed by atoms with Crippen molar-refractivity contribution in [3.63, 3.8) is 0 Å². The van der Waals surface area contributed by atoms with Crippen LogP contribution >= 0.6 is 15.9 Å². The van der Waals surface area contributed by atoms with Gasteiger partial charge in [-0.1, -0.05) is 34.1 Å². The molecule has 1 heterocycles. The minimum atomic E-state index is -0.662. The molecular weight excluding hydrogens is 337 g/mol. The molecule has 0 bridgehead atoms. The number of carbonyl (C=O) groups excluding carboxylic acids is 2. The third-order valence-electron chi connectivity index (χ3n) is 3.63. The zero-order chi connectivity index (χ0) is 15.1. The van der Waals surface area contributed by atoms with Crippen molar-refractivity contribution in [2.24, 2.45) is 0 Å². The molecule has 3 rings (SSSR count). The van der Waals surface area contributed by atoms with Crippen LogP contribution in [0, 0.1) is 5.82 Å². The van der Waals surface area contributed by atoms with Crippen LogP contribution in [0.2, 0.25) is 0 Å². The van der Waals surface area contributed by atoms with E-state index >= 15 is 0 Å². The van der Waals surface area contributed by atoms with Crippen molar-refractivity contribution in [3.8, 4) is 0 Å². The van der Waals surface area contributed by atoms with Gasteiger partial charge in [0.2, 0.25) is 0 Å². The Labute approximate surface area is 129 Å². The van der Waals surface area contributed by atoms with Gasteiger partial charge in [-0.15, -0.1) is 0 Å². The lowest BCUT2D eigenvalue weighted by Crippen LogP contribution is -2.33. The van der Waals surface area contributed by atoms with Gasteiger partial charge < -0.3 is 0 Å². The van der Waals surface area contributed by atoms with E-state index in [4.69, 9.17) is 0 Å². The molecule has 3 nitrogen and oxygen atoms in total. The minimum absolute atomic E-state index is 0.313. The summed E-state index contributed by atoms with van der Waals surface area (Å²) in [4.78, 5) is 25.9. The van der Waals surface area contributed by atoms with E-state index in [9.17, 15) is 14.0 Å². The predicted molar refractivity (Wildman–Crippen MR) is 79.5 cm³/mol. The number of halogens is 2. The standard InChI is InChI=1S/C16H11BrFNO2/c1-9(11-7-6-10(17)8-14(11)18)19-15(20)12-4-2-3-5-13(12)16(19)21/h2-9H,1H3. The molecule has 0 N–H and O–H groups in total. The van der Waals surface area contributed by atoms with Crippen LogP contribution in [0.5, 0.6) is 0 Å². The topological polar surface area (TPSA) is 37.4 Å². The van der Waals surface area contributed by atoms with Gasteiger partial charge in [-0.25, -0.2) is 4.39 Å². The van der Waals surface area contributed by atoms with Crippen molar-refractivity contribution >= 4 is 27.7 Å². The first-order valence-corrected chi connectivity index (χ1v) is 7.22. The molecule has 2 amide bonds. The lowest BCUT2D eigenvalue weighted by Gasteiger charge is -2.23. The van der Waals surface area contributed by atoms with Gasteiger partial charge in [0.05, 0.1) is 17.2 Å². The summed E-state index contributed by atoms with van der Waals surface area (Å²) in [5, 5.41) is 0. The van der Waals surface area contributed by atoms with E-state index in [0.717, 1.165) is 4.90 Å². The summed E-state index contributed by atoms with van der Waals surface area (Å²) < 4.78 is 14.7. The molecular formula is C16H11BrFNO2. The fraction of sp³-hybridized carbons (Fsp3) is 0.125. The number of amides is 2. The number of nitrogens with zero attached hydrogens (tertiary/aromatic N) is 1. The summed E-state index contributed by atoms with van der Waals surface area (Å²) in [5.41, 5.74) is 1.05. The van der Waals surface area contributed by atoms with Gasteiger partial charge >= 0.3 is 0 Å². The normalized spacial score (nSPS) is 15.3. The number of benzene rings is 2. The van der Waals surface area contributed by atoms with E-state index in [0.29, 0.717) is 21.2 Å². The maximum Gasteiger partial charge on any atom is 0.262 e. The average Bonchev–Trinajstić information content (AvgIpc) is 2.71. The Morgan fingerprint density at radius 1 is 1.05 bits per heavy atom. The maximum atomic E-state index is 14.1. The summed E-state index contributed by atoms with van der Waals surface area (Å²) in [6.07, 6.45) is 0. The van der Waals surface area contributed by atoms with Crippen LogP contribution in [-0.4, -0.2) is 16.7 Å². The Hall–Kier alpha value is -2.01. The molecule has 0 aromatic heterocycles. The van der Waals surface area contributed by atoms with Crippen LogP contribution in [0.3, 0.4) is 0 Å². The number of rotatable bonds is 2. The third kappa shape index (κ3) is 2.17. The first kappa shape index (κ1) is 13.9. The molecule has 0 saturated heterocycles. The predicted octanol–water partition coefficient (Wildman–Crippen LogP) is 3.95. The molecule has 0 aliphatic carbocycles. The number of fused-ring (bicyclic) bond motifs is 1. The quantitative estimate of drug-likeness (QED) is 0.771. The van der Waals surface area contributed by atoms with Crippen molar-refractivity contribution < 1.29 is 14.0 Å². The fourth-order valence-electron chi connectivity index (χ4n) is 2.54. The molecule has 1 aliphatic rings. The highest BCUT2D eigenvalue weighted by atomic mass is 79.9. The average molecular weight is 348 g/mol. The van der Waals surface area contributed by atoms with Crippen LogP contribution in [0.1, 0.15) is 39.2 Å². The van der Waals surface area contributed by atoms with Crippen LogP contribution in [-0.2, 0) is 0 Å². The lowest BCUT2D eigenvalue weighted by atomic mass is 10.1. The Bertz CT molecular complexity index is 725. The molecule has 0 saturated carbocycles. The van der Waals surface area contributed by atoms with Gasteiger partial charge in [0.15, 0.2) is 0 Å². The minimum Gasteiger partial charge on any atom is -0.269 e. The summed E-state index contributed by atoms with van der Waals surface area (Å²) in [6, 6.07) is 10.6. The Morgan fingerprint density at radius 3 is 2.14 bits per heavy atom. The molecule has 2 aromatic rings. The van der Waals surface area contributed by atoms with Gasteiger partial charge in [0.25, 0.3) is 11.8 Å². The zero-order valence-electron chi connectivity index (χ0n) is 11.1. The van der Waals surface area contributed by atoms with Crippen molar-refractivity contribution in [2.75, 3.05) is 0 Å². The molecule has 5 heteroatoms. The van der Waals surface area contributed by atoms with Crippen LogP contribution < -0.4 is 0 Å². The molecule has 106 valence electrons. The van der Waals surface area contributed by atoms with E-state index in [1.807, 2.05) is 0 Å². The first-order valence-electron chi connectivity index (χ1n) is 6.42. The number of hydrogen-bond donors (Lipinski definition) is 0. The largest absolute Gasteiger partial charge is 0.269 e. The van der Waals surface area contributed by atoms with Crippen molar-refractivity contribution in [3.05, 3.63) is 69.4 Å². The zero-order valence-corrected chi connectivity index (χ0v) is 12.7. The molecule has 1 atom stereocenters. The highest BCUT2D eigenvalue weighted by Crippen LogP contribution is 2.32. The Morgan fingerprint density at radius 2 is 1.62 bits per heavy atom. The van der Waals surface area contributed by atoms with Gasteiger partial charge in [-0.05, 0) is 31.2 Å².